The Balaban J connectivity index is 2.63. The van der Waals surface area contributed by atoms with E-state index in [1.54, 1.807) is 14.0 Å². The lowest BCUT2D eigenvalue weighted by Gasteiger charge is -2.20. The van der Waals surface area contributed by atoms with Crippen LogP contribution in [-0.2, 0) is 0 Å². The van der Waals surface area contributed by atoms with Gasteiger partial charge in [-0.1, -0.05) is 0 Å². The lowest BCUT2D eigenvalue weighted by molar-refractivity contribution is -0.387. The molecule has 0 bridgehead atoms. The van der Waals surface area contributed by atoms with Crippen molar-refractivity contribution in [1.29, 1.82) is 5.26 Å². The average Bonchev–Trinajstić information content (AvgIpc) is 2.46. The zero-order chi connectivity index (χ0) is 16.0. The van der Waals surface area contributed by atoms with Crippen molar-refractivity contribution in [3.63, 3.8) is 0 Å². The zero-order valence-corrected chi connectivity index (χ0v) is 11.7. The monoisotopic (exact) mass is 299 g/mol. The fourth-order valence-electron chi connectivity index (χ4n) is 1.61. The largest absolute Gasteiger partial charge is 0.490 e. The topological polar surface area (TPSA) is 88.2 Å². The van der Waals surface area contributed by atoms with Crippen LogP contribution in [-0.4, -0.2) is 24.1 Å². The molecule has 1 aromatic carbocycles. The van der Waals surface area contributed by atoms with Gasteiger partial charge in [-0.2, -0.15) is 9.65 Å². The van der Waals surface area contributed by atoms with Crippen molar-refractivity contribution < 1.29 is 18.4 Å². The molecule has 1 atom stereocenters. The Hall–Kier alpha value is -2.27. The first-order valence-corrected chi connectivity index (χ1v) is 6.19. The number of halogens is 2. The van der Waals surface area contributed by atoms with Crippen molar-refractivity contribution in [2.45, 2.75) is 25.3 Å². The second-order valence-corrected chi connectivity index (χ2v) is 4.64. The molecule has 8 heteroatoms. The molecule has 0 aromatic heterocycles. The summed E-state index contributed by atoms with van der Waals surface area (Å²) in [5.41, 5.74) is -1.66. The maximum absolute atomic E-state index is 13.5. The summed E-state index contributed by atoms with van der Waals surface area (Å²) in [7, 11) is 1.65. The van der Waals surface area contributed by atoms with Gasteiger partial charge in [0.25, 0.3) is 0 Å². The van der Waals surface area contributed by atoms with Crippen LogP contribution in [0.5, 0.6) is 5.75 Å². The highest BCUT2D eigenvalue weighted by atomic mass is 19.1. The number of nitrogens with zero attached hydrogens (tertiary/aromatic N) is 2. The van der Waals surface area contributed by atoms with Crippen molar-refractivity contribution in [2.75, 3.05) is 13.7 Å². The van der Waals surface area contributed by atoms with Crippen LogP contribution in [0.3, 0.4) is 0 Å². The van der Waals surface area contributed by atoms with E-state index in [1.807, 2.05) is 0 Å². The molecule has 1 rings (SSSR count). The second-order valence-electron chi connectivity index (χ2n) is 4.64. The first-order chi connectivity index (χ1) is 9.83. The molecule has 114 valence electrons. The van der Waals surface area contributed by atoms with Crippen LogP contribution in [0, 0.1) is 33.1 Å². The van der Waals surface area contributed by atoms with Crippen molar-refractivity contribution >= 4 is 5.69 Å². The van der Waals surface area contributed by atoms with E-state index >= 15 is 0 Å². The van der Waals surface area contributed by atoms with Gasteiger partial charge in [0.1, 0.15) is 5.54 Å². The molecule has 6 nitrogen and oxygen atoms in total. The van der Waals surface area contributed by atoms with E-state index in [9.17, 15) is 18.9 Å². The van der Waals surface area contributed by atoms with Gasteiger partial charge in [0.05, 0.1) is 23.7 Å². The second kappa shape index (κ2) is 6.95. The molecule has 1 aromatic rings. The van der Waals surface area contributed by atoms with E-state index < -0.39 is 27.8 Å². The predicted molar refractivity (Wildman–Crippen MR) is 70.8 cm³/mol. The first-order valence-electron chi connectivity index (χ1n) is 6.19. The smallest absolute Gasteiger partial charge is 0.307 e. The van der Waals surface area contributed by atoms with Crippen molar-refractivity contribution in [3.05, 3.63) is 33.9 Å². The van der Waals surface area contributed by atoms with Crippen LogP contribution in [0.4, 0.5) is 14.5 Å². The van der Waals surface area contributed by atoms with Gasteiger partial charge in [0.2, 0.25) is 5.82 Å². The number of hydrogen-bond acceptors (Lipinski definition) is 5. The lowest BCUT2D eigenvalue weighted by atomic mass is 9.98. The third-order valence-corrected chi connectivity index (χ3v) is 3.08. The molecule has 0 aliphatic carbocycles. The van der Waals surface area contributed by atoms with Gasteiger partial charge < -0.3 is 10.1 Å². The van der Waals surface area contributed by atoms with Crippen molar-refractivity contribution in [2.24, 2.45) is 0 Å². The lowest BCUT2D eigenvalue weighted by Crippen LogP contribution is -2.38. The number of hydrogen-bond donors (Lipinski definition) is 1. The van der Waals surface area contributed by atoms with Crippen LogP contribution in [0.15, 0.2) is 12.1 Å². The molecule has 0 aliphatic heterocycles. The Kier molecular flexibility index (Phi) is 5.55. The van der Waals surface area contributed by atoms with Gasteiger partial charge in [0, 0.05) is 6.07 Å². The SMILES string of the molecule is CNC(C)(C#N)CCCOc1cc(F)c([N+](=O)[O-])cc1F. The molecule has 0 saturated carbocycles. The van der Waals surface area contributed by atoms with E-state index in [2.05, 4.69) is 11.4 Å². The molecular weight excluding hydrogens is 284 g/mol. The third-order valence-electron chi connectivity index (χ3n) is 3.08. The number of benzene rings is 1. The van der Waals surface area contributed by atoms with Gasteiger partial charge in [0.15, 0.2) is 11.6 Å². The number of rotatable bonds is 7. The molecule has 1 N–H and O–H groups in total. The van der Waals surface area contributed by atoms with E-state index in [1.165, 1.54) is 0 Å². The average molecular weight is 299 g/mol. The minimum atomic E-state index is -1.16. The standard InChI is InChI=1S/C13H15F2N3O3/c1-13(8-16,17-2)4-3-5-21-12-7-9(14)11(18(19)20)6-10(12)15/h6-7,17H,3-5H2,1-2H3. The summed E-state index contributed by atoms with van der Waals surface area (Å²) < 4.78 is 31.9. The van der Waals surface area contributed by atoms with Crippen LogP contribution in [0.25, 0.3) is 0 Å². The highest BCUT2D eigenvalue weighted by Crippen LogP contribution is 2.26. The minimum absolute atomic E-state index is 0.0626. The molecule has 0 spiro atoms. The molecule has 0 radical (unpaired) electrons. The van der Waals surface area contributed by atoms with Crippen LogP contribution < -0.4 is 10.1 Å². The van der Waals surface area contributed by atoms with E-state index in [-0.39, 0.29) is 12.4 Å². The Morgan fingerprint density at radius 3 is 2.67 bits per heavy atom. The van der Waals surface area contributed by atoms with Crippen molar-refractivity contribution in [3.8, 4) is 11.8 Å². The number of nitrogens with one attached hydrogen (secondary N) is 1. The van der Waals surface area contributed by atoms with Gasteiger partial charge in [-0.3, -0.25) is 10.1 Å². The van der Waals surface area contributed by atoms with Gasteiger partial charge in [-0.05, 0) is 26.8 Å². The highest BCUT2D eigenvalue weighted by molar-refractivity contribution is 5.39. The Bertz CT molecular complexity index is 575. The summed E-state index contributed by atoms with van der Waals surface area (Å²) in [5.74, 6) is -2.55. The molecule has 21 heavy (non-hydrogen) atoms. The predicted octanol–water partition coefficient (Wildman–Crippen LogP) is 2.53. The summed E-state index contributed by atoms with van der Waals surface area (Å²) in [6.45, 7) is 1.77. The molecular formula is C13H15F2N3O3. The molecule has 0 amide bonds. The Morgan fingerprint density at radius 2 is 2.14 bits per heavy atom. The molecule has 0 heterocycles. The summed E-state index contributed by atoms with van der Waals surface area (Å²) in [4.78, 5) is 9.44. The van der Waals surface area contributed by atoms with Crippen molar-refractivity contribution in [1.82, 2.24) is 5.32 Å². The number of nitro benzene ring substituents is 1. The fraction of sp³-hybridized carbons (Fsp3) is 0.462. The van der Waals surface area contributed by atoms with Gasteiger partial charge >= 0.3 is 5.69 Å². The number of nitro groups is 1. The summed E-state index contributed by atoms with van der Waals surface area (Å²) >= 11 is 0. The van der Waals surface area contributed by atoms with Crippen LogP contribution in [0.2, 0.25) is 0 Å². The molecule has 0 saturated heterocycles. The highest BCUT2D eigenvalue weighted by Gasteiger charge is 2.21. The quantitative estimate of drug-likeness (QED) is 0.475. The normalized spacial score (nSPS) is 13.3. The van der Waals surface area contributed by atoms with Gasteiger partial charge in [-0.15, -0.1) is 0 Å². The third kappa shape index (κ3) is 4.36. The summed E-state index contributed by atoms with van der Waals surface area (Å²) in [6, 6.07) is 3.22. The van der Waals surface area contributed by atoms with Crippen LogP contribution >= 0.6 is 0 Å². The van der Waals surface area contributed by atoms with E-state index in [0.29, 0.717) is 25.0 Å². The number of ether oxygens (including phenoxy) is 1. The maximum atomic E-state index is 13.5. The summed E-state index contributed by atoms with van der Waals surface area (Å²) in [6.07, 6.45) is 0.889. The minimum Gasteiger partial charge on any atom is -0.490 e. The molecule has 0 aliphatic rings. The van der Waals surface area contributed by atoms with E-state index in [0.717, 1.165) is 0 Å². The maximum Gasteiger partial charge on any atom is 0.307 e. The fourth-order valence-corrected chi connectivity index (χ4v) is 1.61. The molecule has 0 fully saturated rings. The molecule has 1 unspecified atom stereocenters. The zero-order valence-electron chi connectivity index (χ0n) is 11.7. The first kappa shape index (κ1) is 16.8. The summed E-state index contributed by atoms with van der Waals surface area (Å²) in [5, 5.41) is 22.2. The van der Waals surface area contributed by atoms with Gasteiger partial charge in [-0.25, -0.2) is 4.39 Å². The van der Waals surface area contributed by atoms with Crippen LogP contribution in [0.1, 0.15) is 19.8 Å². The van der Waals surface area contributed by atoms with E-state index in [4.69, 9.17) is 10.00 Å². The number of nitriles is 1. The Labute approximate surface area is 120 Å². The Morgan fingerprint density at radius 1 is 1.48 bits per heavy atom.